The molecule has 0 N–H and O–H groups in total. The molecule has 0 amide bonds. The highest BCUT2D eigenvalue weighted by Gasteiger charge is 2.37. The van der Waals surface area contributed by atoms with Crippen molar-refractivity contribution >= 4 is 0 Å². The number of para-hydroxylation sites is 1. The number of fused-ring (bicyclic) bond motifs is 3. The normalized spacial score (nSPS) is 12.5. The lowest BCUT2D eigenvalue weighted by atomic mass is 10.1. The Bertz CT molecular complexity index is 847. The van der Waals surface area contributed by atoms with Gasteiger partial charge in [-0.05, 0) is 25.1 Å². The van der Waals surface area contributed by atoms with Crippen LogP contribution in [0, 0.1) is 6.92 Å². The lowest BCUT2D eigenvalue weighted by Crippen LogP contribution is -2.36. The maximum Gasteiger partial charge on any atom is 0.285 e. The Morgan fingerprint density at radius 2 is 1.91 bits per heavy atom. The highest BCUT2D eigenvalue weighted by Crippen LogP contribution is 2.32. The molecule has 0 atom stereocenters. The molecular weight excluding hydrogens is 272 g/mol. The molecule has 110 valence electrons. The topological polar surface area (TPSA) is 34.6 Å². The number of hydrogen-bond donors (Lipinski definition) is 0. The summed E-state index contributed by atoms with van der Waals surface area (Å²) in [6.07, 6.45) is 1.89. The van der Waals surface area contributed by atoms with Gasteiger partial charge in [0.15, 0.2) is 0 Å². The number of rotatable bonds is 2. The molecule has 0 radical (unpaired) electrons. The molecule has 3 heterocycles. The first kappa shape index (κ1) is 13.2. The molecule has 0 saturated heterocycles. The summed E-state index contributed by atoms with van der Waals surface area (Å²) in [5, 5.41) is 4.87. The van der Waals surface area contributed by atoms with E-state index in [1.165, 1.54) is 11.1 Å². The van der Waals surface area contributed by atoms with Crippen molar-refractivity contribution in [3.8, 4) is 17.1 Å². The summed E-state index contributed by atoms with van der Waals surface area (Å²) in [5.74, 6) is 2.60. The number of aryl methyl sites for hydroxylation is 1. The van der Waals surface area contributed by atoms with Gasteiger partial charge < -0.3 is 0 Å². The standard InChI is InChI=1S/C18H19N4/c1-12(2)17-20-21-11-14-9-10-19-13(3)16(14)18(21)22(17)15-7-5-4-6-8-15/h4-10,12H,11H2,1-3H3/q+1. The Labute approximate surface area is 130 Å². The number of nitrogens with zero attached hydrogens (tertiary/aromatic N) is 4. The van der Waals surface area contributed by atoms with Gasteiger partial charge in [0.1, 0.15) is 12.2 Å². The van der Waals surface area contributed by atoms with Crippen LogP contribution in [0.25, 0.3) is 17.1 Å². The molecular formula is C18H19N4+. The van der Waals surface area contributed by atoms with E-state index in [9.17, 15) is 0 Å². The molecule has 2 aromatic heterocycles. The van der Waals surface area contributed by atoms with Gasteiger partial charge in [0, 0.05) is 22.8 Å². The molecule has 1 aliphatic rings. The third-order valence-electron chi connectivity index (χ3n) is 4.21. The molecule has 0 saturated carbocycles. The summed E-state index contributed by atoms with van der Waals surface area (Å²) in [6, 6.07) is 12.6. The minimum Gasteiger partial charge on any atom is -0.261 e. The Balaban J connectivity index is 2.05. The average Bonchev–Trinajstić information content (AvgIpc) is 3.04. The number of benzene rings is 1. The highest BCUT2D eigenvalue weighted by atomic mass is 15.4. The van der Waals surface area contributed by atoms with Crippen LogP contribution in [0.2, 0.25) is 0 Å². The van der Waals surface area contributed by atoms with Crippen molar-refractivity contribution in [2.24, 2.45) is 0 Å². The minimum atomic E-state index is 0.360. The van der Waals surface area contributed by atoms with E-state index in [0.717, 1.165) is 29.6 Å². The predicted molar refractivity (Wildman–Crippen MR) is 84.9 cm³/mol. The lowest BCUT2D eigenvalue weighted by molar-refractivity contribution is -0.594. The van der Waals surface area contributed by atoms with Gasteiger partial charge in [0.25, 0.3) is 11.6 Å². The molecule has 1 aromatic carbocycles. The lowest BCUT2D eigenvalue weighted by Gasteiger charge is -2.07. The number of aromatic nitrogens is 4. The van der Waals surface area contributed by atoms with Crippen molar-refractivity contribution in [2.75, 3.05) is 0 Å². The zero-order valence-corrected chi connectivity index (χ0v) is 13.1. The Morgan fingerprint density at radius 1 is 1.14 bits per heavy atom. The van der Waals surface area contributed by atoms with E-state index in [-0.39, 0.29) is 0 Å². The molecule has 22 heavy (non-hydrogen) atoms. The van der Waals surface area contributed by atoms with Gasteiger partial charge in [0.2, 0.25) is 0 Å². The van der Waals surface area contributed by atoms with E-state index in [0.29, 0.717) is 5.92 Å². The van der Waals surface area contributed by atoms with E-state index in [4.69, 9.17) is 5.10 Å². The molecule has 3 aromatic rings. The summed E-state index contributed by atoms with van der Waals surface area (Å²) in [5.41, 5.74) is 4.75. The first-order valence-corrected chi connectivity index (χ1v) is 7.70. The van der Waals surface area contributed by atoms with Gasteiger partial charge in [-0.2, -0.15) is 4.57 Å². The Hall–Kier alpha value is -2.49. The van der Waals surface area contributed by atoms with Gasteiger partial charge in [-0.25, -0.2) is 0 Å². The minimum absolute atomic E-state index is 0.360. The SMILES string of the molecule is Cc1nccc2c1-c1n(nc(C(C)C)[n+]1-c1ccccc1)C2. The predicted octanol–water partition coefficient (Wildman–Crippen LogP) is 3.02. The van der Waals surface area contributed by atoms with Gasteiger partial charge in [0.05, 0.1) is 11.3 Å². The van der Waals surface area contributed by atoms with Crippen LogP contribution < -0.4 is 4.57 Å². The fraction of sp³-hybridized carbons (Fsp3) is 0.278. The van der Waals surface area contributed by atoms with Crippen LogP contribution in [0.5, 0.6) is 0 Å². The Kier molecular flexibility index (Phi) is 2.86. The summed E-state index contributed by atoms with van der Waals surface area (Å²) in [7, 11) is 0. The van der Waals surface area contributed by atoms with Crippen LogP contribution in [0.1, 0.15) is 36.8 Å². The van der Waals surface area contributed by atoms with E-state index in [2.05, 4.69) is 65.3 Å². The first-order chi connectivity index (χ1) is 10.7. The van der Waals surface area contributed by atoms with Crippen molar-refractivity contribution in [3.63, 3.8) is 0 Å². The van der Waals surface area contributed by atoms with Crippen molar-refractivity contribution in [1.82, 2.24) is 14.8 Å². The van der Waals surface area contributed by atoms with Crippen LogP contribution >= 0.6 is 0 Å². The van der Waals surface area contributed by atoms with E-state index >= 15 is 0 Å². The quantitative estimate of drug-likeness (QED) is 0.532. The van der Waals surface area contributed by atoms with E-state index < -0.39 is 0 Å². The third kappa shape index (κ3) is 1.80. The van der Waals surface area contributed by atoms with Gasteiger partial charge in [-0.15, -0.1) is 4.68 Å². The van der Waals surface area contributed by atoms with Crippen LogP contribution in [0.15, 0.2) is 42.6 Å². The zero-order chi connectivity index (χ0) is 15.3. The monoisotopic (exact) mass is 291 g/mol. The van der Waals surface area contributed by atoms with Crippen LogP contribution in [-0.2, 0) is 6.54 Å². The maximum absolute atomic E-state index is 4.87. The second kappa shape index (κ2) is 4.77. The molecule has 1 aliphatic heterocycles. The van der Waals surface area contributed by atoms with Crippen LogP contribution in [-0.4, -0.2) is 14.8 Å². The summed E-state index contributed by atoms with van der Waals surface area (Å²) in [4.78, 5) is 4.48. The summed E-state index contributed by atoms with van der Waals surface area (Å²) < 4.78 is 4.40. The van der Waals surface area contributed by atoms with Crippen molar-refractivity contribution in [2.45, 2.75) is 33.2 Å². The van der Waals surface area contributed by atoms with E-state index in [1.807, 2.05) is 12.3 Å². The van der Waals surface area contributed by atoms with Crippen molar-refractivity contribution < 1.29 is 4.57 Å². The van der Waals surface area contributed by atoms with Crippen LogP contribution in [0.3, 0.4) is 0 Å². The van der Waals surface area contributed by atoms with Crippen molar-refractivity contribution in [3.05, 3.63) is 59.7 Å². The Morgan fingerprint density at radius 3 is 2.64 bits per heavy atom. The third-order valence-corrected chi connectivity index (χ3v) is 4.21. The zero-order valence-electron chi connectivity index (χ0n) is 13.1. The van der Waals surface area contributed by atoms with Crippen molar-refractivity contribution in [1.29, 1.82) is 0 Å². The molecule has 4 rings (SSSR count). The maximum atomic E-state index is 4.87. The number of pyridine rings is 1. The average molecular weight is 291 g/mol. The molecule has 0 fully saturated rings. The van der Waals surface area contributed by atoms with Crippen LogP contribution in [0.4, 0.5) is 0 Å². The molecule has 0 unspecified atom stereocenters. The number of hydrogen-bond acceptors (Lipinski definition) is 2. The van der Waals surface area contributed by atoms with Gasteiger partial charge in [-0.3, -0.25) is 4.98 Å². The fourth-order valence-corrected chi connectivity index (χ4v) is 3.21. The first-order valence-electron chi connectivity index (χ1n) is 7.70. The smallest absolute Gasteiger partial charge is 0.261 e. The second-order valence-corrected chi connectivity index (χ2v) is 6.10. The summed E-state index contributed by atoms with van der Waals surface area (Å²) >= 11 is 0. The van der Waals surface area contributed by atoms with E-state index in [1.54, 1.807) is 0 Å². The molecule has 0 aliphatic carbocycles. The molecule has 0 spiro atoms. The summed E-state index contributed by atoms with van der Waals surface area (Å²) in [6.45, 7) is 7.28. The highest BCUT2D eigenvalue weighted by molar-refractivity contribution is 5.64. The largest absolute Gasteiger partial charge is 0.285 e. The molecule has 4 nitrogen and oxygen atoms in total. The molecule has 4 heteroatoms. The molecule has 0 bridgehead atoms. The fourth-order valence-electron chi connectivity index (χ4n) is 3.21. The second-order valence-electron chi connectivity index (χ2n) is 6.10. The van der Waals surface area contributed by atoms with Gasteiger partial charge >= 0.3 is 0 Å². The van der Waals surface area contributed by atoms with Gasteiger partial charge in [-0.1, -0.05) is 32.0 Å².